The van der Waals surface area contributed by atoms with Crippen LogP contribution in [0.3, 0.4) is 0 Å². The third kappa shape index (κ3) is 2.67. The Labute approximate surface area is 144 Å². The molecule has 0 bridgehead atoms. The Kier molecular flexibility index (Phi) is 3.98. The lowest BCUT2D eigenvalue weighted by molar-refractivity contribution is -0.123. The Hall–Kier alpha value is -2.34. The van der Waals surface area contributed by atoms with E-state index in [9.17, 15) is 4.79 Å². The molecular weight excluding hydrogens is 320 g/mol. The van der Waals surface area contributed by atoms with E-state index in [4.69, 9.17) is 0 Å². The number of anilines is 1. The van der Waals surface area contributed by atoms with Crippen molar-refractivity contribution in [1.29, 1.82) is 0 Å². The van der Waals surface area contributed by atoms with Crippen LogP contribution in [-0.2, 0) is 4.79 Å². The van der Waals surface area contributed by atoms with E-state index >= 15 is 0 Å². The lowest BCUT2D eigenvalue weighted by atomic mass is 9.83. The van der Waals surface area contributed by atoms with Crippen LogP contribution in [0.5, 0.6) is 0 Å². The van der Waals surface area contributed by atoms with Crippen molar-refractivity contribution in [2.24, 2.45) is 5.92 Å². The first-order valence-electron chi connectivity index (χ1n) is 8.00. The minimum absolute atomic E-state index is 0.145. The molecule has 24 heavy (non-hydrogen) atoms. The number of Topliss-reactive ketones (excluding diaryl/α,β-unsaturated/α-hetero) is 1. The van der Waals surface area contributed by atoms with Gasteiger partial charge in [0.2, 0.25) is 11.1 Å². The van der Waals surface area contributed by atoms with E-state index in [0.29, 0.717) is 17.5 Å². The van der Waals surface area contributed by atoms with Crippen LogP contribution in [-0.4, -0.2) is 26.8 Å². The number of benzene rings is 1. The molecule has 2 aromatic rings. The maximum absolute atomic E-state index is 12.6. The number of thioether (sulfide) groups is 1. The van der Waals surface area contributed by atoms with Gasteiger partial charge in [-0.05, 0) is 18.2 Å². The number of rotatable bonds is 3. The highest BCUT2D eigenvalue weighted by Gasteiger charge is 2.39. The van der Waals surface area contributed by atoms with Crippen LogP contribution >= 0.6 is 11.8 Å². The maximum atomic E-state index is 12.6. The van der Waals surface area contributed by atoms with Crippen molar-refractivity contribution >= 4 is 29.6 Å². The summed E-state index contributed by atoms with van der Waals surface area (Å²) in [7, 11) is 0. The molecular formula is C18H18N4OS. The molecule has 0 unspecified atom stereocenters. The highest BCUT2D eigenvalue weighted by atomic mass is 32.2. The summed E-state index contributed by atoms with van der Waals surface area (Å²) in [5, 5.41) is 8.57. The van der Waals surface area contributed by atoms with Gasteiger partial charge in [0.25, 0.3) is 0 Å². The highest BCUT2D eigenvalue weighted by molar-refractivity contribution is 7.98. The van der Waals surface area contributed by atoms with E-state index in [1.54, 1.807) is 0 Å². The van der Waals surface area contributed by atoms with Gasteiger partial charge in [0, 0.05) is 12.1 Å². The fourth-order valence-corrected chi connectivity index (χ4v) is 3.60. The predicted octanol–water partition coefficient (Wildman–Crippen LogP) is 3.54. The zero-order chi connectivity index (χ0) is 16.5. The summed E-state index contributed by atoms with van der Waals surface area (Å²) in [6.07, 6.45) is 9.57. The summed E-state index contributed by atoms with van der Waals surface area (Å²) in [5.74, 6) is 0.761. The van der Waals surface area contributed by atoms with Crippen LogP contribution in [0.4, 0.5) is 5.95 Å². The molecule has 2 heterocycles. The molecule has 1 aromatic heterocycles. The second kappa shape index (κ2) is 6.28. The standard InChI is InChI=1S/C18H18N4OS/c1-24-18-20-17-19-13-8-5-9-15(23)16(13)14(22(17)21-18)11-10-12-6-3-2-4-7-12/h2-4,6-8,10-11,14,16H,5,9H2,1H3,(H,19,20,21)/b11-10+/t14-,16+/m1/s1. The summed E-state index contributed by atoms with van der Waals surface area (Å²) < 4.78 is 1.84. The Morgan fingerprint density at radius 1 is 1.33 bits per heavy atom. The number of carbonyl (C=O) groups is 1. The molecule has 2 aliphatic rings. The second-order valence-electron chi connectivity index (χ2n) is 5.89. The molecule has 1 aliphatic heterocycles. The van der Waals surface area contributed by atoms with Gasteiger partial charge in [-0.2, -0.15) is 4.98 Å². The second-order valence-corrected chi connectivity index (χ2v) is 6.67. The van der Waals surface area contributed by atoms with E-state index in [1.807, 2.05) is 41.3 Å². The Bertz CT molecular complexity index is 825. The lowest BCUT2D eigenvalue weighted by Crippen LogP contribution is -2.37. The van der Waals surface area contributed by atoms with Crippen molar-refractivity contribution in [2.75, 3.05) is 11.6 Å². The predicted molar refractivity (Wildman–Crippen MR) is 95.8 cm³/mol. The van der Waals surface area contributed by atoms with Crippen LogP contribution in [0.15, 0.2) is 53.3 Å². The van der Waals surface area contributed by atoms with Crippen LogP contribution in [0, 0.1) is 5.92 Å². The van der Waals surface area contributed by atoms with Crippen LogP contribution in [0.25, 0.3) is 6.08 Å². The zero-order valence-corrected chi connectivity index (χ0v) is 14.2. The Balaban J connectivity index is 1.77. The summed E-state index contributed by atoms with van der Waals surface area (Å²) in [5.41, 5.74) is 2.07. The van der Waals surface area contributed by atoms with Gasteiger partial charge in [-0.3, -0.25) is 4.79 Å². The van der Waals surface area contributed by atoms with Crippen LogP contribution in [0.2, 0.25) is 0 Å². The Morgan fingerprint density at radius 3 is 2.96 bits per heavy atom. The summed E-state index contributed by atoms with van der Waals surface area (Å²) in [4.78, 5) is 17.1. The van der Waals surface area contributed by atoms with Gasteiger partial charge in [0.1, 0.15) is 5.78 Å². The molecule has 6 heteroatoms. The van der Waals surface area contributed by atoms with Crippen molar-refractivity contribution in [3.63, 3.8) is 0 Å². The Morgan fingerprint density at radius 2 is 2.17 bits per heavy atom. The van der Waals surface area contributed by atoms with Crippen LogP contribution in [0.1, 0.15) is 24.4 Å². The van der Waals surface area contributed by atoms with E-state index < -0.39 is 0 Å². The molecule has 2 atom stereocenters. The molecule has 0 fully saturated rings. The largest absolute Gasteiger partial charge is 0.328 e. The van der Waals surface area contributed by atoms with Gasteiger partial charge in [0.05, 0.1) is 12.0 Å². The zero-order valence-electron chi connectivity index (χ0n) is 13.3. The van der Waals surface area contributed by atoms with Crippen molar-refractivity contribution in [1.82, 2.24) is 14.8 Å². The third-order valence-electron chi connectivity index (χ3n) is 4.40. The number of hydrogen-bond acceptors (Lipinski definition) is 5. The van der Waals surface area contributed by atoms with Crippen molar-refractivity contribution in [2.45, 2.75) is 24.0 Å². The first-order chi connectivity index (χ1) is 11.8. The number of nitrogens with zero attached hydrogens (tertiary/aromatic N) is 3. The smallest absolute Gasteiger partial charge is 0.227 e. The van der Waals surface area contributed by atoms with Crippen molar-refractivity contribution in [3.05, 3.63) is 53.7 Å². The fraction of sp³-hybridized carbons (Fsp3) is 0.278. The van der Waals surface area contributed by atoms with E-state index in [-0.39, 0.29) is 17.7 Å². The van der Waals surface area contributed by atoms with Crippen LogP contribution < -0.4 is 5.32 Å². The average molecular weight is 338 g/mol. The molecule has 0 saturated heterocycles. The van der Waals surface area contributed by atoms with Crippen molar-refractivity contribution < 1.29 is 4.79 Å². The van der Waals surface area contributed by atoms with Gasteiger partial charge in [0.15, 0.2) is 0 Å². The number of nitrogens with one attached hydrogen (secondary N) is 1. The molecule has 0 spiro atoms. The summed E-state index contributed by atoms with van der Waals surface area (Å²) >= 11 is 1.50. The first kappa shape index (κ1) is 15.2. The van der Waals surface area contributed by atoms with Gasteiger partial charge >= 0.3 is 0 Å². The minimum Gasteiger partial charge on any atom is -0.328 e. The summed E-state index contributed by atoms with van der Waals surface area (Å²) in [6, 6.07) is 9.96. The number of carbonyl (C=O) groups excluding carboxylic acids is 1. The lowest BCUT2D eigenvalue weighted by Gasteiger charge is -2.34. The average Bonchev–Trinajstić information content (AvgIpc) is 3.03. The number of hydrogen-bond donors (Lipinski definition) is 1. The molecule has 5 nitrogen and oxygen atoms in total. The van der Waals surface area contributed by atoms with Crippen molar-refractivity contribution in [3.8, 4) is 0 Å². The number of aromatic nitrogens is 3. The first-order valence-corrected chi connectivity index (χ1v) is 9.22. The molecule has 0 amide bonds. The van der Waals surface area contributed by atoms with E-state index in [2.05, 4.69) is 33.6 Å². The summed E-state index contributed by atoms with van der Waals surface area (Å²) in [6.45, 7) is 0. The number of ketones is 1. The van der Waals surface area contributed by atoms with Gasteiger partial charge in [-0.1, -0.05) is 60.3 Å². The molecule has 122 valence electrons. The van der Waals surface area contributed by atoms with Gasteiger partial charge < -0.3 is 5.32 Å². The molecule has 1 N–H and O–H groups in total. The molecule has 1 aromatic carbocycles. The van der Waals surface area contributed by atoms with E-state index in [1.165, 1.54) is 11.8 Å². The van der Waals surface area contributed by atoms with E-state index in [0.717, 1.165) is 17.7 Å². The third-order valence-corrected chi connectivity index (χ3v) is 4.93. The SMILES string of the molecule is CSc1nc2n(n1)[C@H](/C=C/c1ccccc1)[C@H]1C(=O)CCC=C1N2. The maximum Gasteiger partial charge on any atom is 0.227 e. The molecule has 1 aliphatic carbocycles. The fourth-order valence-electron chi connectivity index (χ4n) is 3.25. The number of fused-ring (bicyclic) bond motifs is 2. The monoisotopic (exact) mass is 338 g/mol. The van der Waals surface area contributed by atoms with Gasteiger partial charge in [-0.25, -0.2) is 4.68 Å². The normalized spacial score (nSPS) is 22.7. The number of allylic oxidation sites excluding steroid dienone is 3. The molecule has 4 rings (SSSR count). The topological polar surface area (TPSA) is 59.8 Å². The highest BCUT2D eigenvalue weighted by Crippen LogP contribution is 2.39. The van der Waals surface area contributed by atoms with Gasteiger partial charge in [-0.15, -0.1) is 5.10 Å². The molecule has 0 saturated carbocycles. The minimum atomic E-state index is -0.206. The molecule has 0 radical (unpaired) electrons. The quantitative estimate of drug-likeness (QED) is 0.868.